The topological polar surface area (TPSA) is 94.1 Å². The van der Waals surface area contributed by atoms with Crippen molar-refractivity contribution >= 4 is 27.0 Å². The van der Waals surface area contributed by atoms with Crippen LogP contribution in [0, 0.1) is 0 Å². The molecule has 2 aromatic heterocycles. The van der Waals surface area contributed by atoms with Gasteiger partial charge in [0.25, 0.3) is 0 Å². The Balaban J connectivity index is 1.89. The summed E-state index contributed by atoms with van der Waals surface area (Å²) in [6.07, 6.45) is 4.56. The van der Waals surface area contributed by atoms with Crippen molar-refractivity contribution in [1.82, 2.24) is 15.0 Å². The van der Waals surface area contributed by atoms with Gasteiger partial charge in [0.05, 0.1) is 30.3 Å². The van der Waals surface area contributed by atoms with Crippen molar-refractivity contribution < 1.29 is 13.2 Å². The Morgan fingerprint density at radius 3 is 2.56 bits per heavy atom. The zero-order valence-electron chi connectivity index (χ0n) is 13.6. The van der Waals surface area contributed by atoms with Gasteiger partial charge in [0.2, 0.25) is 5.88 Å². The van der Waals surface area contributed by atoms with Gasteiger partial charge in [-0.2, -0.15) is 0 Å². The van der Waals surface area contributed by atoms with E-state index in [-0.39, 0.29) is 4.90 Å². The van der Waals surface area contributed by atoms with E-state index in [4.69, 9.17) is 4.74 Å². The van der Waals surface area contributed by atoms with Crippen LogP contribution < -0.4 is 10.1 Å². The normalized spacial score (nSPS) is 11.3. The first-order valence-electron chi connectivity index (χ1n) is 7.30. The molecular weight excluding hydrogens is 360 g/mol. The van der Waals surface area contributed by atoms with Crippen molar-refractivity contribution in [2.75, 3.05) is 18.7 Å². The quantitative estimate of drug-likeness (QED) is 0.707. The van der Waals surface area contributed by atoms with Gasteiger partial charge in [0, 0.05) is 22.9 Å². The van der Waals surface area contributed by atoms with Crippen LogP contribution in [-0.4, -0.2) is 36.7 Å². The van der Waals surface area contributed by atoms with E-state index >= 15 is 0 Å². The summed E-state index contributed by atoms with van der Waals surface area (Å²) in [6, 6.07) is 6.47. The molecule has 1 N–H and O–H groups in total. The van der Waals surface area contributed by atoms with Crippen LogP contribution in [0.5, 0.6) is 5.88 Å². The first kappa shape index (κ1) is 17.3. The fourth-order valence-electron chi connectivity index (χ4n) is 2.17. The van der Waals surface area contributed by atoms with Gasteiger partial charge in [-0.05, 0) is 12.1 Å². The molecule has 0 unspecified atom stereocenters. The van der Waals surface area contributed by atoms with Crippen LogP contribution in [0.3, 0.4) is 0 Å². The predicted octanol–water partition coefficient (Wildman–Crippen LogP) is 2.62. The van der Waals surface area contributed by atoms with Gasteiger partial charge in [-0.25, -0.2) is 18.4 Å². The zero-order valence-corrected chi connectivity index (χ0v) is 15.3. The van der Waals surface area contributed by atoms with Crippen LogP contribution in [0.4, 0.5) is 5.82 Å². The van der Waals surface area contributed by atoms with Crippen molar-refractivity contribution in [1.29, 1.82) is 0 Å². The fraction of sp³-hybridized carbons (Fsp3) is 0.188. The highest BCUT2D eigenvalue weighted by atomic mass is 32.2. The number of hydrogen-bond acceptors (Lipinski definition) is 8. The van der Waals surface area contributed by atoms with E-state index in [0.29, 0.717) is 23.9 Å². The highest BCUT2D eigenvalue weighted by Gasteiger charge is 2.13. The van der Waals surface area contributed by atoms with Crippen molar-refractivity contribution in [3.63, 3.8) is 0 Å². The molecule has 0 aliphatic heterocycles. The second kappa shape index (κ2) is 7.16. The second-order valence-corrected chi connectivity index (χ2v) is 8.22. The average molecular weight is 376 g/mol. The number of anilines is 1. The van der Waals surface area contributed by atoms with Crippen LogP contribution in [-0.2, 0) is 16.4 Å². The van der Waals surface area contributed by atoms with Crippen molar-refractivity contribution in [2.45, 2.75) is 11.4 Å². The molecule has 0 saturated heterocycles. The fourth-order valence-corrected chi connectivity index (χ4v) is 3.33. The number of sulfone groups is 1. The smallest absolute Gasteiger partial charge is 0.240 e. The van der Waals surface area contributed by atoms with Crippen LogP contribution in [0.25, 0.3) is 11.3 Å². The Morgan fingerprint density at radius 1 is 1.20 bits per heavy atom. The highest BCUT2D eigenvalue weighted by Crippen LogP contribution is 2.28. The van der Waals surface area contributed by atoms with Gasteiger partial charge >= 0.3 is 0 Å². The molecule has 130 valence electrons. The van der Waals surface area contributed by atoms with E-state index in [1.54, 1.807) is 53.5 Å². The maximum Gasteiger partial charge on any atom is 0.240 e. The first-order chi connectivity index (χ1) is 12.0. The van der Waals surface area contributed by atoms with E-state index in [0.717, 1.165) is 10.4 Å². The summed E-state index contributed by atoms with van der Waals surface area (Å²) in [5.41, 5.74) is 3.03. The van der Waals surface area contributed by atoms with E-state index in [2.05, 4.69) is 20.3 Å². The monoisotopic (exact) mass is 376 g/mol. The Labute approximate surface area is 149 Å². The van der Waals surface area contributed by atoms with E-state index in [1.807, 2.05) is 0 Å². The molecule has 0 saturated carbocycles. The first-order valence-corrected chi connectivity index (χ1v) is 10.1. The van der Waals surface area contributed by atoms with E-state index in [9.17, 15) is 8.42 Å². The van der Waals surface area contributed by atoms with Crippen molar-refractivity contribution in [3.8, 4) is 17.1 Å². The van der Waals surface area contributed by atoms with Crippen LogP contribution in [0.1, 0.15) is 4.88 Å². The number of nitrogens with one attached hydrogen (secondary N) is 1. The number of methoxy groups -OCH3 is 1. The predicted molar refractivity (Wildman–Crippen MR) is 96.6 cm³/mol. The molecule has 25 heavy (non-hydrogen) atoms. The summed E-state index contributed by atoms with van der Waals surface area (Å²) < 4.78 is 28.5. The third kappa shape index (κ3) is 4.12. The van der Waals surface area contributed by atoms with E-state index < -0.39 is 9.84 Å². The summed E-state index contributed by atoms with van der Waals surface area (Å²) in [5, 5.41) is 3.19. The maximum absolute atomic E-state index is 11.6. The maximum atomic E-state index is 11.6. The zero-order chi connectivity index (χ0) is 17.9. The third-order valence-electron chi connectivity index (χ3n) is 3.42. The largest absolute Gasteiger partial charge is 0.479 e. The Kier molecular flexibility index (Phi) is 4.95. The number of ether oxygens (including phenoxy) is 1. The summed E-state index contributed by atoms with van der Waals surface area (Å²) >= 11 is 1.55. The molecule has 2 heterocycles. The van der Waals surface area contributed by atoms with E-state index in [1.165, 1.54) is 13.4 Å². The van der Waals surface area contributed by atoms with Gasteiger partial charge in [-0.1, -0.05) is 12.1 Å². The summed E-state index contributed by atoms with van der Waals surface area (Å²) in [7, 11) is -1.73. The molecule has 3 aromatic rings. The third-order valence-corrected chi connectivity index (χ3v) is 5.32. The van der Waals surface area contributed by atoms with Crippen LogP contribution in [0.2, 0.25) is 0 Å². The second-order valence-electron chi connectivity index (χ2n) is 5.23. The number of hydrogen-bond donors (Lipinski definition) is 1. The number of benzene rings is 1. The SMILES string of the molecule is COc1ncc(NCc2cncs2)nc1-c1ccc(S(C)(=O)=O)cc1. The standard InChI is InChI=1S/C16H16N4O3S2/c1-23-16-15(11-3-5-13(6-4-11)25(2,21)22)20-14(9-19-16)18-8-12-7-17-10-24-12/h3-7,9-10H,8H2,1-2H3,(H,18,20). The average Bonchev–Trinajstić information content (AvgIpc) is 3.12. The minimum Gasteiger partial charge on any atom is -0.479 e. The number of nitrogens with zero attached hydrogens (tertiary/aromatic N) is 3. The summed E-state index contributed by atoms with van der Waals surface area (Å²) in [5.74, 6) is 0.965. The molecule has 0 aliphatic carbocycles. The summed E-state index contributed by atoms with van der Waals surface area (Å²) in [6.45, 7) is 0.595. The van der Waals surface area contributed by atoms with Gasteiger partial charge in [-0.15, -0.1) is 11.3 Å². The minimum atomic E-state index is -3.24. The van der Waals surface area contributed by atoms with Gasteiger partial charge in [0.15, 0.2) is 9.84 Å². The van der Waals surface area contributed by atoms with Gasteiger partial charge in [0.1, 0.15) is 11.5 Å². The molecule has 0 radical (unpaired) electrons. The Bertz CT molecular complexity index is 956. The van der Waals surface area contributed by atoms with Crippen molar-refractivity contribution in [3.05, 3.63) is 47.0 Å². The Hall–Kier alpha value is -2.52. The highest BCUT2D eigenvalue weighted by molar-refractivity contribution is 7.90. The molecule has 0 atom stereocenters. The lowest BCUT2D eigenvalue weighted by Gasteiger charge is -2.10. The molecule has 0 bridgehead atoms. The lowest BCUT2D eigenvalue weighted by molar-refractivity contribution is 0.398. The number of rotatable bonds is 6. The Morgan fingerprint density at radius 2 is 1.96 bits per heavy atom. The van der Waals surface area contributed by atoms with Gasteiger partial charge in [-0.3, -0.25) is 4.98 Å². The van der Waals surface area contributed by atoms with Gasteiger partial charge < -0.3 is 10.1 Å². The van der Waals surface area contributed by atoms with Crippen LogP contribution in [0.15, 0.2) is 47.1 Å². The van der Waals surface area contributed by atoms with Crippen LogP contribution >= 0.6 is 11.3 Å². The molecule has 9 heteroatoms. The molecule has 0 amide bonds. The molecule has 0 spiro atoms. The molecule has 1 aromatic carbocycles. The molecule has 7 nitrogen and oxygen atoms in total. The lowest BCUT2D eigenvalue weighted by atomic mass is 10.1. The number of aromatic nitrogens is 3. The molecule has 0 fully saturated rings. The minimum absolute atomic E-state index is 0.252. The van der Waals surface area contributed by atoms with Crippen molar-refractivity contribution in [2.24, 2.45) is 0 Å². The lowest BCUT2D eigenvalue weighted by Crippen LogP contribution is -2.03. The molecule has 3 rings (SSSR count). The molecular formula is C16H16N4O3S2. The number of thiazole rings is 1. The summed E-state index contributed by atoms with van der Waals surface area (Å²) in [4.78, 5) is 14.2. The molecule has 0 aliphatic rings.